The van der Waals surface area contributed by atoms with Crippen LogP contribution in [0.2, 0.25) is 0 Å². The molecule has 1 heterocycles. The number of hydrogen-bond acceptors (Lipinski definition) is 3. The molecule has 1 rings (SSSR count). The number of unbranched alkanes of at least 4 members (excludes halogenated alkanes) is 18. The van der Waals surface area contributed by atoms with Gasteiger partial charge in [-0.2, -0.15) is 0 Å². The second-order valence-electron chi connectivity index (χ2n) is 9.34. The van der Waals surface area contributed by atoms with Crippen molar-refractivity contribution in [3.63, 3.8) is 0 Å². The highest BCUT2D eigenvalue weighted by Gasteiger charge is 2.34. The number of urea groups is 1. The average molecular weight is 436 g/mol. The fraction of sp³-hybridized carbons (Fsp3) is 0.846. The van der Waals surface area contributed by atoms with Gasteiger partial charge in [-0.15, -0.1) is 0 Å². The molecule has 180 valence electrons. The van der Waals surface area contributed by atoms with Crippen LogP contribution in [0.3, 0.4) is 0 Å². The van der Waals surface area contributed by atoms with Gasteiger partial charge in [-0.1, -0.05) is 122 Å². The summed E-state index contributed by atoms with van der Waals surface area (Å²) in [5.41, 5.74) is 4.63. The minimum absolute atomic E-state index is 0.120. The third-order valence-corrected chi connectivity index (χ3v) is 6.35. The first-order chi connectivity index (χ1) is 15.1. The van der Waals surface area contributed by atoms with E-state index in [9.17, 15) is 9.59 Å². The zero-order chi connectivity index (χ0) is 22.6. The summed E-state index contributed by atoms with van der Waals surface area (Å²) >= 11 is 0. The van der Waals surface area contributed by atoms with Crippen LogP contribution < -0.4 is 16.4 Å². The van der Waals surface area contributed by atoms with Crippen molar-refractivity contribution in [2.45, 2.75) is 141 Å². The molecule has 0 fully saturated rings. The number of Topliss-reactive ketones (excluding diaryl/α,β-unsaturated/α-hetero) is 1. The van der Waals surface area contributed by atoms with Crippen LogP contribution in [0, 0.1) is 0 Å². The molecule has 1 unspecified atom stereocenters. The van der Waals surface area contributed by atoms with Crippen molar-refractivity contribution in [3.8, 4) is 0 Å². The monoisotopic (exact) mass is 435 g/mol. The molecule has 4 N–H and O–H groups in total. The zero-order valence-corrected chi connectivity index (χ0v) is 20.2. The van der Waals surface area contributed by atoms with E-state index < -0.39 is 11.7 Å². The first kappa shape index (κ1) is 27.7. The quantitative estimate of drug-likeness (QED) is 0.172. The summed E-state index contributed by atoms with van der Waals surface area (Å²) in [4.78, 5) is 23.6. The second-order valence-corrected chi connectivity index (χ2v) is 9.34. The van der Waals surface area contributed by atoms with E-state index >= 15 is 0 Å². The first-order valence-corrected chi connectivity index (χ1v) is 13.2. The number of ketones is 1. The lowest BCUT2D eigenvalue weighted by molar-refractivity contribution is -0.123. The molecule has 0 saturated carbocycles. The summed E-state index contributed by atoms with van der Waals surface area (Å²) in [6, 6.07) is -0.425. The van der Waals surface area contributed by atoms with Gasteiger partial charge in [0.2, 0.25) is 0 Å². The average Bonchev–Trinajstić information content (AvgIpc) is 2.75. The third kappa shape index (κ3) is 14.3. The molecule has 1 aliphatic rings. The van der Waals surface area contributed by atoms with Gasteiger partial charge >= 0.3 is 6.03 Å². The topological polar surface area (TPSA) is 84.2 Å². The van der Waals surface area contributed by atoms with E-state index in [1.165, 1.54) is 121 Å². The summed E-state index contributed by atoms with van der Waals surface area (Å²) in [6.07, 6.45) is 28.7. The van der Waals surface area contributed by atoms with Gasteiger partial charge in [-0.05, 0) is 12.5 Å². The molecule has 2 amide bonds. The van der Waals surface area contributed by atoms with Crippen molar-refractivity contribution in [2.24, 2.45) is 5.73 Å². The van der Waals surface area contributed by atoms with Crippen LogP contribution >= 0.6 is 0 Å². The number of nitrogens with two attached hydrogens (primary N) is 1. The lowest BCUT2D eigenvalue weighted by Crippen LogP contribution is -2.64. The molecular weight excluding hydrogens is 386 g/mol. The Morgan fingerprint density at radius 1 is 0.742 bits per heavy atom. The molecule has 5 nitrogen and oxygen atoms in total. The highest BCUT2D eigenvalue weighted by Crippen LogP contribution is 2.15. The molecule has 0 saturated heterocycles. The van der Waals surface area contributed by atoms with Gasteiger partial charge in [-0.25, -0.2) is 4.79 Å². The summed E-state index contributed by atoms with van der Waals surface area (Å²) in [5.74, 6) is -0.120. The number of carbonyl (C=O) groups is 2. The molecule has 31 heavy (non-hydrogen) atoms. The highest BCUT2D eigenvalue weighted by molar-refractivity contribution is 5.95. The molecule has 0 aromatic carbocycles. The maximum absolute atomic E-state index is 12.2. The molecule has 0 aromatic rings. The van der Waals surface area contributed by atoms with Crippen molar-refractivity contribution in [1.29, 1.82) is 0 Å². The molecule has 1 atom stereocenters. The van der Waals surface area contributed by atoms with E-state index in [0.29, 0.717) is 6.42 Å². The number of hydrogen-bond donors (Lipinski definition) is 3. The molecule has 0 aromatic heterocycles. The van der Waals surface area contributed by atoms with Crippen LogP contribution in [0.5, 0.6) is 0 Å². The van der Waals surface area contributed by atoms with Crippen LogP contribution in [-0.2, 0) is 4.79 Å². The Labute approximate surface area is 191 Å². The van der Waals surface area contributed by atoms with E-state index in [-0.39, 0.29) is 5.78 Å². The van der Waals surface area contributed by atoms with Crippen LogP contribution in [0.1, 0.15) is 135 Å². The van der Waals surface area contributed by atoms with Crippen molar-refractivity contribution in [3.05, 3.63) is 12.3 Å². The van der Waals surface area contributed by atoms with Gasteiger partial charge in [0.15, 0.2) is 11.4 Å². The van der Waals surface area contributed by atoms with Crippen molar-refractivity contribution >= 4 is 11.8 Å². The van der Waals surface area contributed by atoms with E-state index in [4.69, 9.17) is 5.73 Å². The van der Waals surface area contributed by atoms with E-state index in [2.05, 4.69) is 17.6 Å². The summed E-state index contributed by atoms with van der Waals surface area (Å²) in [6.45, 7) is 2.28. The maximum atomic E-state index is 12.2. The fourth-order valence-corrected chi connectivity index (χ4v) is 4.25. The largest absolute Gasteiger partial charge is 0.320 e. The predicted molar refractivity (Wildman–Crippen MR) is 131 cm³/mol. The van der Waals surface area contributed by atoms with Gasteiger partial charge < -0.3 is 10.6 Å². The number of nitrogens with one attached hydrogen (secondary N) is 2. The van der Waals surface area contributed by atoms with Crippen molar-refractivity contribution < 1.29 is 9.59 Å². The zero-order valence-electron chi connectivity index (χ0n) is 20.2. The Bertz CT molecular complexity index is 507. The van der Waals surface area contributed by atoms with Crippen LogP contribution in [0.25, 0.3) is 0 Å². The van der Waals surface area contributed by atoms with Gasteiger partial charge in [-0.3, -0.25) is 10.5 Å². The molecule has 0 aliphatic carbocycles. The Morgan fingerprint density at radius 3 is 1.52 bits per heavy atom. The first-order valence-electron chi connectivity index (χ1n) is 13.2. The number of rotatable bonds is 21. The molecule has 5 heteroatoms. The fourth-order valence-electron chi connectivity index (χ4n) is 4.25. The van der Waals surface area contributed by atoms with Gasteiger partial charge in [0.05, 0.1) is 0 Å². The summed E-state index contributed by atoms with van der Waals surface area (Å²) < 4.78 is 0. The van der Waals surface area contributed by atoms with E-state index in [1.807, 2.05) is 0 Å². The van der Waals surface area contributed by atoms with Gasteiger partial charge in [0.25, 0.3) is 0 Å². The van der Waals surface area contributed by atoms with Crippen LogP contribution in [0.4, 0.5) is 4.79 Å². The van der Waals surface area contributed by atoms with E-state index in [1.54, 1.807) is 0 Å². The smallest absolute Gasteiger partial charge is 0.315 e. The molecule has 0 bridgehead atoms. The highest BCUT2D eigenvalue weighted by atomic mass is 16.2. The summed E-state index contributed by atoms with van der Waals surface area (Å²) in [7, 11) is 0. The third-order valence-electron chi connectivity index (χ3n) is 6.35. The van der Waals surface area contributed by atoms with E-state index in [0.717, 1.165) is 12.8 Å². The van der Waals surface area contributed by atoms with Crippen LogP contribution in [0.15, 0.2) is 12.3 Å². The van der Waals surface area contributed by atoms with Crippen LogP contribution in [-0.4, -0.2) is 17.5 Å². The number of carbonyl (C=O) groups excluding carboxylic acids is 2. The second kappa shape index (κ2) is 18.2. The lowest BCUT2D eigenvalue weighted by Gasteiger charge is -2.28. The molecular formula is C26H49N3O2. The standard InChI is InChI=1S/C26H49N3O2/c1-2-3-4-5-6-7-8-9-10-11-12-13-14-15-16-17-18-19-20-21-24(30)26(27)22-23-28-25(31)29-26/h22-23H,2-21,27H2,1H3,(H2,28,29,31). The normalized spacial score (nSPS) is 18.1. The van der Waals surface area contributed by atoms with Crippen molar-refractivity contribution in [2.75, 3.05) is 0 Å². The maximum Gasteiger partial charge on any atom is 0.320 e. The van der Waals surface area contributed by atoms with Gasteiger partial charge in [0.1, 0.15) is 0 Å². The Morgan fingerprint density at radius 2 is 1.13 bits per heavy atom. The predicted octanol–water partition coefficient (Wildman–Crippen LogP) is 6.86. The molecule has 0 spiro atoms. The summed E-state index contributed by atoms with van der Waals surface area (Å²) in [5, 5.41) is 4.95. The minimum Gasteiger partial charge on any atom is -0.315 e. The number of amides is 2. The van der Waals surface area contributed by atoms with Gasteiger partial charge in [0, 0.05) is 12.6 Å². The van der Waals surface area contributed by atoms with Crippen molar-refractivity contribution in [1.82, 2.24) is 10.6 Å². The Balaban J connectivity index is 1.79. The SMILES string of the molecule is CCCCCCCCCCCCCCCCCCCCCC(=O)C1(N)C=CNC(=O)N1. The Kier molecular flexibility index (Phi) is 16.3. The molecule has 1 aliphatic heterocycles. The minimum atomic E-state index is -1.34. The Hall–Kier alpha value is -1.36. The molecule has 0 radical (unpaired) electrons. The lowest BCUT2D eigenvalue weighted by atomic mass is 9.98.